The number of rotatable bonds is 8. The van der Waals surface area contributed by atoms with Gasteiger partial charge >= 0.3 is 5.97 Å². The van der Waals surface area contributed by atoms with Crippen LogP contribution in [0.25, 0.3) is 22.0 Å². The molecule has 0 saturated heterocycles. The standard InChI is InChI=1S/C21H24N4O4/c1-5-6-7-29-20(27)12-25-18-9-19(28-4)16(15-10-22-14(3)23-11-15)8-17(18)21(24-25)13(2)26/h8-11H,5-7,12H2,1-4H3. The molecular weight excluding hydrogens is 372 g/mol. The number of ether oxygens (including phenoxy) is 2. The molecular formula is C21H24N4O4. The van der Waals surface area contributed by atoms with Crippen molar-refractivity contribution in [3.8, 4) is 16.9 Å². The van der Waals surface area contributed by atoms with Gasteiger partial charge in [-0.1, -0.05) is 13.3 Å². The number of aromatic nitrogens is 4. The summed E-state index contributed by atoms with van der Waals surface area (Å²) in [6.45, 7) is 5.57. The van der Waals surface area contributed by atoms with E-state index < -0.39 is 5.97 Å². The summed E-state index contributed by atoms with van der Waals surface area (Å²) >= 11 is 0. The number of ketones is 1. The van der Waals surface area contributed by atoms with Crippen molar-refractivity contribution in [1.29, 1.82) is 0 Å². The molecule has 2 heterocycles. The lowest BCUT2D eigenvalue weighted by Gasteiger charge is -2.10. The predicted molar refractivity (Wildman–Crippen MR) is 108 cm³/mol. The van der Waals surface area contributed by atoms with Crippen LogP contribution in [0.5, 0.6) is 5.75 Å². The maximum atomic E-state index is 12.2. The van der Waals surface area contributed by atoms with Crippen LogP contribution >= 0.6 is 0 Å². The maximum Gasteiger partial charge on any atom is 0.327 e. The molecule has 0 atom stereocenters. The Morgan fingerprint density at radius 3 is 2.52 bits per heavy atom. The molecule has 0 saturated carbocycles. The van der Waals surface area contributed by atoms with Gasteiger partial charge in [-0.15, -0.1) is 0 Å². The molecule has 29 heavy (non-hydrogen) atoms. The minimum atomic E-state index is -0.395. The summed E-state index contributed by atoms with van der Waals surface area (Å²) in [6.07, 6.45) is 5.15. The van der Waals surface area contributed by atoms with Crippen LogP contribution in [0, 0.1) is 6.92 Å². The number of hydrogen-bond donors (Lipinski definition) is 0. The monoisotopic (exact) mass is 396 g/mol. The zero-order chi connectivity index (χ0) is 21.0. The normalized spacial score (nSPS) is 10.9. The Balaban J connectivity index is 2.07. The quantitative estimate of drug-likeness (QED) is 0.327. The Kier molecular flexibility index (Phi) is 6.21. The number of Topliss-reactive ketones (excluding diaryl/α,β-unsaturated/α-hetero) is 1. The van der Waals surface area contributed by atoms with Crippen molar-refractivity contribution in [1.82, 2.24) is 19.7 Å². The minimum Gasteiger partial charge on any atom is -0.496 e. The second-order valence-corrected chi connectivity index (χ2v) is 6.73. The largest absolute Gasteiger partial charge is 0.496 e. The van der Waals surface area contributed by atoms with Crippen LogP contribution in [-0.4, -0.2) is 45.2 Å². The molecule has 152 valence electrons. The number of unbranched alkanes of at least 4 members (excludes halogenated alkanes) is 1. The van der Waals surface area contributed by atoms with E-state index in [9.17, 15) is 9.59 Å². The molecule has 0 aliphatic rings. The molecule has 0 aliphatic carbocycles. The maximum absolute atomic E-state index is 12.2. The van der Waals surface area contributed by atoms with Crippen molar-refractivity contribution in [2.75, 3.05) is 13.7 Å². The van der Waals surface area contributed by atoms with E-state index in [1.165, 1.54) is 11.6 Å². The molecule has 0 amide bonds. The first-order valence-electron chi connectivity index (χ1n) is 9.48. The van der Waals surface area contributed by atoms with Gasteiger partial charge in [-0.25, -0.2) is 9.97 Å². The third-order valence-electron chi connectivity index (χ3n) is 4.54. The van der Waals surface area contributed by atoms with Gasteiger partial charge in [0.25, 0.3) is 0 Å². The number of methoxy groups -OCH3 is 1. The smallest absolute Gasteiger partial charge is 0.327 e. The van der Waals surface area contributed by atoms with Gasteiger partial charge in [-0.05, 0) is 19.4 Å². The topological polar surface area (TPSA) is 96.2 Å². The first-order chi connectivity index (χ1) is 13.9. The fraction of sp³-hybridized carbons (Fsp3) is 0.381. The minimum absolute atomic E-state index is 0.0797. The Bertz CT molecular complexity index is 1040. The van der Waals surface area contributed by atoms with Crippen LogP contribution in [-0.2, 0) is 16.1 Å². The van der Waals surface area contributed by atoms with E-state index in [0.717, 1.165) is 24.0 Å². The molecule has 0 unspecified atom stereocenters. The van der Waals surface area contributed by atoms with E-state index in [4.69, 9.17) is 9.47 Å². The second-order valence-electron chi connectivity index (χ2n) is 6.73. The van der Waals surface area contributed by atoms with Crippen molar-refractivity contribution < 1.29 is 19.1 Å². The van der Waals surface area contributed by atoms with Gasteiger partial charge in [0.15, 0.2) is 5.78 Å². The van der Waals surface area contributed by atoms with Crippen molar-refractivity contribution in [2.45, 2.75) is 40.2 Å². The van der Waals surface area contributed by atoms with Crippen LogP contribution in [0.4, 0.5) is 0 Å². The highest BCUT2D eigenvalue weighted by Gasteiger charge is 2.20. The molecule has 1 aromatic carbocycles. The Morgan fingerprint density at radius 1 is 1.17 bits per heavy atom. The molecule has 2 aromatic heterocycles. The van der Waals surface area contributed by atoms with E-state index in [2.05, 4.69) is 15.1 Å². The van der Waals surface area contributed by atoms with E-state index in [1.807, 2.05) is 19.9 Å². The summed E-state index contributed by atoms with van der Waals surface area (Å²) in [5, 5.41) is 5.00. The number of nitrogens with zero attached hydrogens (tertiary/aromatic N) is 4. The fourth-order valence-corrected chi connectivity index (χ4v) is 3.01. The highest BCUT2D eigenvalue weighted by molar-refractivity contribution is 6.06. The molecule has 0 radical (unpaired) electrons. The Hall–Kier alpha value is -3.29. The number of hydrogen-bond acceptors (Lipinski definition) is 7. The highest BCUT2D eigenvalue weighted by atomic mass is 16.5. The zero-order valence-electron chi connectivity index (χ0n) is 17.1. The lowest BCUT2D eigenvalue weighted by molar-refractivity contribution is -0.144. The third kappa shape index (κ3) is 4.42. The third-order valence-corrected chi connectivity index (χ3v) is 4.54. The van der Waals surface area contributed by atoms with Crippen molar-refractivity contribution in [3.63, 3.8) is 0 Å². The zero-order valence-corrected chi connectivity index (χ0v) is 17.1. The van der Waals surface area contributed by atoms with Gasteiger partial charge in [-0.2, -0.15) is 5.10 Å². The molecule has 8 heteroatoms. The van der Waals surface area contributed by atoms with Crippen molar-refractivity contribution >= 4 is 22.7 Å². The van der Waals surface area contributed by atoms with E-state index >= 15 is 0 Å². The summed E-state index contributed by atoms with van der Waals surface area (Å²) in [4.78, 5) is 32.8. The number of esters is 1. The van der Waals surface area contributed by atoms with Crippen LogP contribution in [0.1, 0.15) is 43.0 Å². The highest BCUT2D eigenvalue weighted by Crippen LogP contribution is 2.35. The second kappa shape index (κ2) is 8.81. The van der Waals surface area contributed by atoms with Gasteiger partial charge in [0, 0.05) is 41.9 Å². The molecule has 0 aliphatic heterocycles. The van der Waals surface area contributed by atoms with Crippen LogP contribution < -0.4 is 4.74 Å². The van der Waals surface area contributed by atoms with Crippen LogP contribution in [0.3, 0.4) is 0 Å². The lowest BCUT2D eigenvalue weighted by Crippen LogP contribution is -2.15. The first kappa shape index (κ1) is 20.4. The molecule has 8 nitrogen and oxygen atoms in total. The summed E-state index contributed by atoms with van der Waals surface area (Å²) < 4.78 is 12.3. The summed E-state index contributed by atoms with van der Waals surface area (Å²) in [7, 11) is 1.56. The van der Waals surface area contributed by atoms with Crippen molar-refractivity contribution in [3.05, 3.63) is 36.0 Å². The number of carbonyl (C=O) groups is 2. The van der Waals surface area contributed by atoms with Crippen molar-refractivity contribution in [2.24, 2.45) is 0 Å². The average molecular weight is 396 g/mol. The van der Waals surface area contributed by atoms with E-state index in [-0.39, 0.29) is 12.3 Å². The Labute approximate surface area is 168 Å². The van der Waals surface area contributed by atoms with Gasteiger partial charge < -0.3 is 9.47 Å². The van der Waals surface area contributed by atoms with Gasteiger partial charge in [0.2, 0.25) is 0 Å². The molecule has 0 spiro atoms. The first-order valence-corrected chi connectivity index (χ1v) is 9.48. The lowest BCUT2D eigenvalue weighted by atomic mass is 10.0. The summed E-state index contributed by atoms with van der Waals surface area (Å²) in [6, 6.07) is 3.59. The number of fused-ring (bicyclic) bond motifs is 1. The van der Waals surface area contributed by atoms with Crippen LogP contribution in [0.2, 0.25) is 0 Å². The SMILES string of the molecule is CCCCOC(=O)Cn1nc(C(C)=O)c2cc(-c3cnc(C)nc3)c(OC)cc21. The molecule has 3 rings (SSSR count). The van der Waals surface area contributed by atoms with Crippen LogP contribution in [0.15, 0.2) is 24.5 Å². The number of carbonyl (C=O) groups excluding carboxylic acids is 2. The summed E-state index contributed by atoms with van der Waals surface area (Å²) in [5.74, 6) is 0.644. The number of benzene rings is 1. The predicted octanol–water partition coefficient (Wildman–Crippen LogP) is 3.36. The molecule has 3 aromatic rings. The van der Waals surface area contributed by atoms with E-state index in [1.54, 1.807) is 25.6 Å². The summed E-state index contributed by atoms with van der Waals surface area (Å²) in [5.41, 5.74) is 2.41. The van der Waals surface area contributed by atoms with Gasteiger partial charge in [-0.3, -0.25) is 14.3 Å². The molecule has 0 N–H and O–H groups in total. The Morgan fingerprint density at radius 2 is 1.90 bits per heavy atom. The molecule has 0 fully saturated rings. The fourth-order valence-electron chi connectivity index (χ4n) is 3.01. The average Bonchev–Trinajstić information content (AvgIpc) is 3.05. The van der Waals surface area contributed by atoms with Gasteiger partial charge in [0.05, 0.1) is 19.2 Å². The molecule has 0 bridgehead atoms. The van der Waals surface area contributed by atoms with Gasteiger partial charge in [0.1, 0.15) is 23.8 Å². The number of aryl methyl sites for hydroxylation is 1. The van der Waals surface area contributed by atoms with E-state index in [0.29, 0.717) is 34.8 Å².